The molecule has 0 radical (unpaired) electrons. The number of fused-ring (bicyclic) bond motifs is 1. The van der Waals surface area contributed by atoms with Crippen LogP contribution in [-0.2, 0) is 4.79 Å². The van der Waals surface area contributed by atoms with Crippen LogP contribution >= 0.6 is 0 Å². The van der Waals surface area contributed by atoms with Gasteiger partial charge >= 0.3 is 0 Å². The van der Waals surface area contributed by atoms with Gasteiger partial charge in [-0.1, -0.05) is 0 Å². The molecular formula is C14H18N6O. The molecule has 1 aliphatic rings. The number of nitrogen functional groups attached to an aromatic ring is 1. The minimum atomic E-state index is 0.433. The van der Waals surface area contributed by atoms with E-state index in [4.69, 9.17) is 5.73 Å². The fourth-order valence-corrected chi connectivity index (χ4v) is 2.65. The van der Waals surface area contributed by atoms with Gasteiger partial charge in [0.25, 0.3) is 0 Å². The van der Waals surface area contributed by atoms with Crippen molar-refractivity contribution in [1.29, 1.82) is 0 Å². The summed E-state index contributed by atoms with van der Waals surface area (Å²) in [7, 11) is 0. The minimum Gasteiger partial charge on any atom is -0.383 e. The topological polar surface area (TPSA) is 97.0 Å². The molecule has 7 nitrogen and oxygen atoms in total. The number of hydrogen-bond donors (Lipinski definition) is 2. The molecule has 7 heteroatoms. The first-order valence-electron chi connectivity index (χ1n) is 6.91. The van der Waals surface area contributed by atoms with Crippen LogP contribution in [-0.4, -0.2) is 45.9 Å². The molecule has 3 rings (SSSR count). The molecule has 21 heavy (non-hydrogen) atoms. The third kappa shape index (κ3) is 2.58. The number of nitrogens with two attached hydrogens (primary N) is 1. The van der Waals surface area contributed by atoms with Crippen molar-refractivity contribution in [2.75, 3.05) is 30.7 Å². The van der Waals surface area contributed by atoms with Gasteiger partial charge in [0.05, 0.1) is 5.39 Å². The van der Waals surface area contributed by atoms with Gasteiger partial charge in [-0.25, -0.2) is 4.98 Å². The zero-order valence-corrected chi connectivity index (χ0v) is 12.1. The third-order valence-corrected chi connectivity index (χ3v) is 3.70. The van der Waals surface area contributed by atoms with Gasteiger partial charge in [-0.3, -0.25) is 4.79 Å². The van der Waals surface area contributed by atoms with Crippen LogP contribution < -0.4 is 11.1 Å². The van der Waals surface area contributed by atoms with E-state index in [1.165, 1.54) is 0 Å². The van der Waals surface area contributed by atoms with Crippen LogP contribution in [0.5, 0.6) is 0 Å². The molecule has 0 spiro atoms. The number of rotatable bonds is 4. The number of likely N-dealkylation sites (tertiary alicyclic amines) is 1. The number of carbonyl (C=O) groups is 1. The minimum absolute atomic E-state index is 0.433. The van der Waals surface area contributed by atoms with Crippen molar-refractivity contribution in [2.45, 2.75) is 13.8 Å². The van der Waals surface area contributed by atoms with E-state index in [0.717, 1.165) is 42.7 Å². The molecule has 0 aromatic carbocycles. The van der Waals surface area contributed by atoms with Crippen molar-refractivity contribution in [1.82, 2.24) is 19.9 Å². The molecule has 0 aliphatic carbocycles. The summed E-state index contributed by atoms with van der Waals surface area (Å²) in [5, 5.41) is 3.99. The van der Waals surface area contributed by atoms with Crippen molar-refractivity contribution in [3.63, 3.8) is 0 Å². The highest BCUT2D eigenvalue weighted by Crippen LogP contribution is 2.23. The lowest BCUT2D eigenvalue weighted by Gasteiger charge is -2.36. The maximum Gasteiger partial charge on any atom is 0.226 e. The van der Waals surface area contributed by atoms with E-state index < -0.39 is 0 Å². The number of amides is 1. The molecule has 1 aliphatic heterocycles. The van der Waals surface area contributed by atoms with Gasteiger partial charge in [-0.2, -0.15) is 9.97 Å². The smallest absolute Gasteiger partial charge is 0.226 e. The van der Waals surface area contributed by atoms with Gasteiger partial charge < -0.3 is 16.0 Å². The van der Waals surface area contributed by atoms with Crippen LogP contribution in [0, 0.1) is 19.8 Å². The standard InChI is InChI=1S/C14H18N6O/c1-8-3-9(2)17-13-11(8)12(15)18-14(19-13)16-4-10-5-20(6-10)7-21/h3,7,10H,4-6H2,1-2H3,(H3,15,16,17,18,19). The molecule has 0 bridgehead atoms. The number of aromatic nitrogens is 3. The molecule has 110 valence electrons. The number of nitrogens with one attached hydrogen (secondary N) is 1. The molecule has 0 saturated carbocycles. The van der Waals surface area contributed by atoms with Crippen molar-refractivity contribution in [3.8, 4) is 0 Å². The summed E-state index contributed by atoms with van der Waals surface area (Å²) in [5.41, 5.74) is 8.57. The second-order valence-corrected chi connectivity index (χ2v) is 5.52. The zero-order chi connectivity index (χ0) is 15.0. The van der Waals surface area contributed by atoms with E-state index in [0.29, 0.717) is 23.3 Å². The monoisotopic (exact) mass is 286 g/mol. The molecule has 3 heterocycles. The first-order chi connectivity index (χ1) is 10.1. The second-order valence-electron chi connectivity index (χ2n) is 5.52. The van der Waals surface area contributed by atoms with Crippen molar-refractivity contribution in [3.05, 3.63) is 17.3 Å². The molecule has 2 aromatic heterocycles. The molecule has 2 aromatic rings. The summed E-state index contributed by atoms with van der Waals surface area (Å²) in [6, 6.07) is 1.97. The van der Waals surface area contributed by atoms with Crippen molar-refractivity contribution in [2.24, 2.45) is 5.92 Å². The molecule has 1 amide bonds. The van der Waals surface area contributed by atoms with E-state index in [2.05, 4.69) is 20.3 Å². The highest BCUT2D eigenvalue weighted by atomic mass is 16.1. The van der Waals surface area contributed by atoms with Crippen LogP contribution in [0.15, 0.2) is 6.07 Å². The Hall–Kier alpha value is -2.44. The normalized spacial score (nSPS) is 15.0. The first-order valence-corrected chi connectivity index (χ1v) is 6.91. The first kappa shape index (κ1) is 13.5. The largest absolute Gasteiger partial charge is 0.383 e. The third-order valence-electron chi connectivity index (χ3n) is 3.70. The Balaban J connectivity index is 1.79. The van der Waals surface area contributed by atoms with E-state index >= 15 is 0 Å². The molecule has 1 fully saturated rings. The zero-order valence-electron chi connectivity index (χ0n) is 12.1. The number of pyridine rings is 1. The van der Waals surface area contributed by atoms with Crippen LogP contribution in [0.25, 0.3) is 11.0 Å². The Morgan fingerprint density at radius 2 is 2.14 bits per heavy atom. The molecule has 1 saturated heterocycles. The lowest BCUT2D eigenvalue weighted by atomic mass is 10.0. The summed E-state index contributed by atoms with van der Waals surface area (Å²) in [6.07, 6.45) is 0.872. The Labute approximate surface area is 122 Å². The average Bonchev–Trinajstić information content (AvgIpc) is 2.35. The number of aryl methyl sites for hydroxylation is 2. The van der Waals surface area contributed by atoms with E-state index in [-0.39, 0.29) is 0 Å². The van der Waals surface area contributed by atoms with E-state index in [1.807, 2.05) is 19.9 Å². The Kier molecular flexibility index (Phi) is 3.32. The van der Waals surface area contributed by atoms with Gasteiger partial charge in [-0.05, 0) is 25.5 Å². The predicted octanol–water partition coefficient (Wildman–Crippen LogP) is 0.724. The summed E-state index contributed by atoms with van der Waals surface area (Å²) >= 11 is 0. The van der Waals surface area contributed by atoms with Crippen molar-refractivity contribution >= 4 is 29.2 Å². The SMILES string of the molecule is Cc1cc(C)c2c(N)nc(NCC3CN(C=O)C3)nc2n1. The van der Waals surface area contributed by atoms with Gasteiger partial charge in [0.2, 0.25) is 12.4 Å². The Morgan fingerprint density at radius 3 is 2.86 bits per heavy atom. The molecular weight excluding hydrogens is 268 g/mol. The maximum atomic E-state index is 10.5. The predicted molar refractivity (Wildman–Crippen MR) is 80.8 cm³/mol. The number of hydrogen-bond acceptors (Lipinski definition) is 6. The lowest BCUT2D eigenvalue weighted by molar-refractivity contribution is -0.123. The average molecular weight is 286 g/mol. The van der Waals surface area contributed by atoms with Crippen LogP contribution in [0.1, 0.15) is 11.3 Å². The van der Waals surface area contributed by atoms with Gasteiger partial charge in [0.1, 0.15) is 5.82 Å². The maximum absolute atomic E-state index is 10.5. The van der Waals surface area contributed by atoms with Crippen LogP contribution in [0.4, 0.5) is 11.8 Å². The number of nitrogens with zero attached hydrogens (tertiary/aromatic N) is 4. The second kappa shape index (κ2) is 5.16. The molecule has 0 atom stereocenters. The lowest BCUT2D eigenvalue weighted by Crippen LogP contribution is -2.48. The summed E-state index contributed by atoms with van der Waals surface area (Å²) in [5.74, 6) is 1.36. The Morgan fingerprint density at radius 1 is 1.38 bits per heavy atom. The molecule has 3 N–H and O–H groups in total. The van der Waals surface area contributed by atoms with Gasteiger partial charge in [0.15, 0.2) is 5.65 Å². The fraction of sp³-hybridized carbons (Fsp3) is 0.429. The van der Waals surface area contributed by atoms with Gasteiger partial charge in [0, 0.05) is 31.2 Å². The summed E-state index contributed by atoms with van der Waals surface area (Å²) in [6.45, 7) is 6.18. The van der Waals surface area contributed by atoms with Crippen LogP contribution in [0.2, 0.25) is 0 Å². The summed E-state index contributed by atoms with van der Waals surface area (Å²) < 4.78 is 0. The summed E-state index contributed by atoms with van der Waals surface area (Å²) in [4.78, 5) is 25.4. The fourth-order valence-electron chi connectivity index (χ4n) is 2.65. The Bertz CT molecular complexity index is 695. The van der Waals surface area contributed by atoms with Crippen LogP contribution in [0.3, 0.4) is 0 Å². The van der Waals surface area contributed by atoms with E-state index in [1.54, 1.807) is 4.90 Å². The van der Waals surface area contributed by atoms with E-state index in [9.17, 15) is 4.79 Å². The number of anilines is 2. The quantitative estimate of drug-likeness (QED) is 0.804. The van der Waals surface area contributed by atoms with Crippen molar-refractivity contribution < 1.29 is 4.79 Å². The highest BCUT2D eigenvalue weighted by molar-refractivity contribution is 5.89. The highest BCUT2D eigenvalue weighted by Gasteiger charge is 2.25. The number of carbonyl (C=O) groups excluding carboxylic acids is 1. The van der Waals surface area contributed by atoms with Gasteiger partial charge in [-0.15, -0.1) is 0 Å². The molecule has 0 unspecified atom stereocenters.